The Kier molecular flexibility index (Phi) is 9.72. The summed E-state index contributed by atoms with van der Waals surface area (Å²) >= 11 is 4.48. The van der Waals surface area contributed by atoms with Crippen LogP contribution in [0, 0.1) is 6.08 Å². The Morgan fingerprint density at radius 3 is 2.00 bits per heavy atom. The quantitative estimate of drug-likeness (QED) is 0.200. The zero-order valence-corrected chi connectivity index (χ0v) is 22.0. The predicted octanol–water partition coefficient (Wildman–Crippen LogP) is -0.565. The van der Waals surface area contributed by atoms with Crippen molar-refractivity contribution in [2.24, 2.45) is 0 Å². The Morgan fingerprint density at radius 2 is 1.37 bits per heavy atom. The van der Waals surface area contributed by atoms with Crippen LogP contribution in [-0.2, 0) is 27.4 Å². The fourth-order valence-corrected chi connectivity index (χ4v) is 4.02. The van der Waals surface area contributed by atoms with Crippen molar-refractivity contribution in [3.05, 3.63) is 101 Å². The van der Waals surface area contributed by atoms with Crippen molar-refractivity contribution >= 4 is 58.2 Å². The molecule has 1 aliphatic carbocycles. The molecule has 0 N–H and O–H groups in total. The van der Waals surface area contributed by atoms with E-state index in [0.717, 1.165) is 34.0 Å². The molecule has 0 aromatic heterocycles. The molecule has 0 fully saturated rings. The molecule has 150 valence electrons. The summed E-state index contributed by atoms with van der Waals surface area (Å²) in [5, 5.41) is 7.71. The van der Waals surface area contributed by atoms with Gasteiger partial charge in [0.05, 0.1) is 0 Å². The first-order valence-corrected chi connectivity index (χ1v) is 13.1. The topological polar surface area (TPSA) is 9.23 Å². The van der Waals surface area contributed by atoms with E-state index in [4.69, 9.17) is 4.74 Å². The number of halogens is 3. The number of benzene rings is 3. The van der Waals surface area contributed by atoms with Gasteiger partial charge in [0.2, 0.25) is 0 Å². The number of rotatable bonds is 0. The third-order valence-electron chi connectivity index (χ3n) is 4.76. The maximum absolute atomic E-state index is 5.57. The molecular weight excluding hydrogens is 578 g/mol. The fourth-order valence-electron chi connectivity index (χ4n) is 3.59. The molecule has 2 aliphatic rings. The first-order chi connectivity index (χ1) is 13.8. The first-order valence-electron chi connectivity index (χ1n) is 8.79. The standard InChI is InChI=1S/C13H9.C11H6BrO.2ClH.S.Zr/c1-3-7-12-10(5-1)9-11-6-2-4-8-13(11)12;12-10-6-8-5-7-3-1-2-4-9(7)11(8)13-10;;;;/h1-9H;1-5,10H;2*1H;;/q2*-1;;;;+2/p-2. The summed E-state index contributed by atoms with van der Waals surface area (Å²) in [5.74, 6) is 0.956. The van der Waals surface area contributed by atoms with Gasteiger partial charge in [-0.3, -0.25) is 0 Å². The molecule has 1 aliphatic heterocycles. The maximum atomic E-state index is 5.57. The van der Waals surface area contributed by atoms with Gasteiger partial charge in [0.15, 0.2) is 0 Å². The van der Waals surface area contributed by atoms with Gasteiger partial charge in [0, 0.05) is 5.76 Å². The van der Waals surface area contributed by atoms with Gasteiger partial charge in [-0.2, -0.15) is 11.6 Å². The molecule has 0 saturated heterocycles. The Bertz CT molecular complexity index is 1270. The normalized spacial score (nSPS) is 15.0. The van der Waals surface area contributed by atoms with E-state index in [1.54, 1.807) is 0 Å². The number of fused-ring (bicyclic) bond motifs is 5. The van der Waals surface area contributed by atoms with Crippen LogP contribution in [0.3, 0.4) is 0 Å². The van der Waals surface area contributed by atoms with Crippen LogP contribution in [0.2, 0.25) is 0 Å². The second-order valence-corrected chi connectivity index (χ2v) is 7.20. The minimum Gasteiger partial charge on any atom is -0.126 e. The second kappa shape index (κ2) is 11.6. The van der Waals surface area contributed by atoms with Crippen LogP contribution in [-0.4, -0.2) is 5.01 Å². The smallest absolute Gasteiger partial charge is 0.0771 e. The number of hydrogen-bond acceptors (Lipinski definition) is 2. The van der Waals surface area contributed by atoms with Gasteiger partial charge in [0.1, 0.15) is 5.01 Å². The minimum absolute atomic E-state index is 0. The van der Waals surface area contributed by atoms with Gasteiger partial charge in [-0.1, -0.05) is 81.8 Å². The molecule has 0 saturated carbocycles. The van der Waals surface area contributed by atoms with E-state index in [9.17, 15) is 0 Å². The number of ether oxygens (including phenoxy) is 1. The third-order valence-corrected chi connectivity index (χ3v) is 5.18. The van der Waals surface area contributed by atoms with Gasteiger partial charge < -0.3 is 29.6 Å². The van der Waals surface area contributed by atoms with Crippen LogP contribution in [0.5, 0.6) is 0 Å². The summed E-state index contributed by atoms with van der Waals surface area (Å²) in [5.41, 5.74) is 1.07. The molecule has 1 heterocycles. The molecule has 30 heavy (non-hydrogen) atoms. The van der Waals surface area contributed by atoms with Crippen molar-refractivity contribution in [3.63, 3.8) is 0 Å². The summed E-state index contributed by atoms with van der Waals surface area (Å²) in [7, 11) is 4.17. The van der Waals surface area contributed by atoms with Crippen molar-refractivity contribution in [1.29, 1.82) is 0 Å². The Morgan fingerprint density at radius 1 is 0.833 bits per heavy atom. The molecule has 1 nitrogen and oxygen atoms in total. The van der Waals surface area contributed by atoms with Crippen LogP contribution in [0.1, 0.15) is 0 Å². The first kappa shape index (κ1) is 25.2. The largest absolute Gasteiger partial charge is 0.126 e. The summed E-state index contributed by atoms with van der Waals surface area (Å²) in [6.07, 6.45) is 5.28. The molecule has 0 radical (unpaired) electrons. The van der Waals surface area contributed by atoms with E-state index in [1.807, 2.05) is 12.1 Å². The summed E-state index contributed by atoms with van der Waals surface area (Å²) in [6, 6.07) is 27.5. The Hall–Kier alpha value is -1.03. The van der Waals surface area contributed by atoms with Crippen LogP contribution < -0.4 is 35.3 Å². The molecule has 4 aromatic rings. The van der Waals surface area contributed by atoms with E-state index in [-0.39, 0.29) is 29.8 Å². The summed E-state index contributed by atoms with van der Waals surface area (Å²) < 4.78 is 5.57. The van der Waals surface area contributed by atoms with Crippen molar-refractivity contribution in [2.75, 3.05) is 0 Å². The molecule has 1 atom stereocenters. The van der Waals surface area contributed by atoms with E-state index >= 15 is 0 Å². The van der Waals surface area contributed by atoms with Crippen molar-refractivity contribution in [3.8, 4) is 0 Å². The van der Waals surface area contributed by atoms with E-state index in [1.165, 1.54) is 32.0 Å². The van der Waals surface area contributed by atoms with Crippen LogP contribution in [0.15, 0.2) is 84.4 Å². The average Bonchev–Trinajstić information content (AvgIpc) is 3.40. The van der Waals surface area contributed by atoms with Crippen molar-refractivity contribution < 1.29 is 52.2 Å². The van der Waals surface area contributed by atoms with Gasteiger partial charge in [0.25, 0.3) is 0 Å². The predicted molar refractivity (Wildman–Crippen MR) is 119 cm³/mol. The second-order valence-electron chi connectivity index (χ2n) is 6.37. The summed E-state index contributed by atoms with van der Waals surface area (Å²) in [4.78, 5) is 0. The monoisotopic (exact) mass is 590 g/mol. The van der Waals surface area contributed by atoms with E-state index in [2.05, 4.69) is 104 Å². The van der Waals surface area contributed by atoms with Crippen LogP contribution in [0.25, 0.3) is 33.4 Å². The molecule has 0 amide bonds. The fraction of sp³-hybridized carbons (Fsp3) is 0.0417. The SMILES string of the molecule is BrC1[C-]=C2C=c3ccccc3=C2O1.[Cl-].[Cl-].[S]=[Zr+2].c1ccc2c(c1)[cH-]c1ccccc12. The maximum Gasteiger partial charge on any atom is -0.0771 e. The minimum atomic E-state index is -0.0814. The van der Waals surface area contributed by atoms with Crippen molar-refractivity contribution in [1.82, 2.24) is 0 Å². The molecule has 0 spiro atoms. The van der Waals surface area contributed by atoms with Gasteiger partial charge in [-0.15, -0.1) is 45.8 Å². The zero-order chi connectivity index (χ0) is 19.5. The molecule has 1 unspecified atom stereocenters. The van der Waals surface area contributed by atoms with Gasteiger partial charge in [-0.25, -0.2) is 0 Å². The van der Waals surface area contributed by atoms with Crippen molar-refractivity contribution in [2.45, 2.75) is 5.01 Å². The van der Waals surface area contributed by atoms with Crippen LogP contribution >= 0.6 is 24.8 Å². The zero-order valence-electron chi connectivity index (χ0n) is 15.6. The molecule has 0 bridgehead atoms. The van der Waals surface area contributed by atoms with E-state index < -0.39 is 0 Å². The molecular formula is C24H15BrCl2OSZr-2. The van der Waals surface area contributed by atoms with Crippen LogP contribution in [0.4, 0.5) is 0 Å². The van der Waals surface area contributed by atoms with Gasteiger partial charge >= 0.3 is 31.5 Å². The summed E-state index contributed by atoms with van der Waals surface area (Å²) in [6.45, 7) is 0. The number of alkyl halides is 1. The molecule has 4 aromatic carbocycles. The average molecular weight is 593 g/mol. The Balaban J connectivity index is 0.000000186. The number of hydrogen-bond donors (Lipinski definition) is 0. The molecule has 6 rings (SSSR count). The Labute approximate surface area is 214 Å². The molecule has 6 heteroatoms. The van der Waals surface area contributed by atoms with E-state index in [0.29, 0.717) is 0 Å². The third kappa shape index (κ3) is 5.06. The van der Waals surface area contributed by atoms with Gasteiger partial charge in [-0.05, 0) is 5.22 Å².